The van der Waals surface area contributed by atoms with Crippen molar-refractivity contribution in [3.05, 3.63) is 41.7 Å². The minimum atomic E-state index is -0.137. The average molecular weight is 394 g/mol. The topological polar surface area (TPSA) is 97.9 Å². The lowest BCUT2D eigenvalue weighted by molar-refractivity contribution is -0.122. The zero-order chi connectivity index (χ0) is 19.8. The number of aliphatic hydroxyl groups is 1. The standard InChI is InChI=1S/C21H26N6O2/c28-13-19-23-16-3-1-2-4-17(16)26(19)12-10-20(29)22-15-7-8-18-24-25-21(14-5-6-14)27(18)11-9-15/h1-4,14-15,28H,5-13H2,(H,22,29). The van der Waals surface area contributed by atoms with Crippen LogP contribution in [0.3, 0.4) is 0 Å². The number of hydrogen-bond acceptors (Lipinski definition) is 5. The molecule has 1 saturated carbocycles. The van der Waals surface area contributed by atoms with Crippen LogP contribution in [0.15, 0.2) is 24.3 Å². The van der Waals surface area contributed by atoms with Gasteiger partial charge < -0.3 is 19.6 Å². The normalized spacial score (nSPS) is 19.1. The van der Waals surface area contributed by atoms with Crippen LogP contribution in [-0.4, -0.2) is 41.4 Å². The van der Waals surface area contributed by atoms with E-state index >= 15 is 0 Å². The Bertz CT molecular complexity index is 1040. The number of hydrogen-bond donors (Lipinski definition) is 2. The number of aliphatic hydroxyl groups excluding tert-OH is 1. The molecule has 8 heteroatoms. The highest BCUT2D eigenvalue weighted by Gasteiger charge is 2.31. The first-order valence-electron chi connectivity index (χ1n) is 10.5. The highest BCUT2D eigenvalue weighted by Crippen LogP contribution is 2.39. The number of carbonyl (C=O) groups is 1. The van der Waals surface area contributed by atoms with E-state index in [1.54, 1.807) is 0 Å². The third kappa shape index (κ3) is 3.64. The number of nitrogens with one attached hydrogen (secondary N) is 1. The summed E-state index contributed by atoms with van der Waals surface area (Å²) >= 11 is 0. The Morgan fingerprint density at radius 1 is 1.17 bits per heavy atom. The number of imidazole rings is 1. The molecule has 29 heavy (non-hydrogen) atoms. The number of benzene rings is 1. The summed E-state index contributed by atoms with van der Waals surface area (Å²) in [5.74, 6) is 3.42. The smallest absolute Gasteiger partial charge is 0.222 e. The van der Waals surface area contributed by atoms with E-state index in [4.69, 9.17) is 0 Å². The summed E-state index contributed by atoms with van der Waals surface area (Å²) in [6, 6.07) is 7.92. The van der Waals surface area contributed by atoms with Crippen LogP contribution in [0.25, 0.3) is 11.0 Å². The molecule has 1 aromatic carbocycles. The lowest BCUT2D eigenvalue weighted by Gasteiger charge is -2.17. The van der Waals surface area contributed by atoms with Gasteiger partial charge in [0.2, 0.25) is 5.91 Å². The van der Waals surface area contributed by atoms with Crippen LogP contribution in [0.2, 0.25) is 0 Å². The van der Waals surface area contributed by atoms with Gasteiger partial charge in [-0.15, -0.1) is 10.2 Å². The van der Waals surface area contributed by atoms with E-state index in [2.05, 4.69) is 25.1 Å². The molecule has 0 bridgehead atoms. The van der Waals surface area contributed by atoms with Gasteiger partial charge in [0, 0.05) is 37.9 Å². The van der Waals surface area contributed by atoms with Crippen molar-refractivity contribution in [1.82, 2.24) is 29.6 Å². The van der Waals surface area contributed by atoms with Crippen molar-refractivity contribution in [3.63, 3.8) is 0 Å². The Morgan fingerprint density at radius 3 is 2.86 bits per heavy atom. The van der Waals surface area contributed by atoms with Gasteiger partial charge in [-0.3, -0.25) is 4.79 Å². The van der Waals surface area contributed by atoms with Crippen molar-refractivity contribution in [2.45, 2.75) is 70.2 Å². The maximum absolute atomic E-state index is 12.6. The summed E-state index contributed by atoms with van der Waals surface area (Å²) in [4.78, 5) is 17.1. The van der Waals surface area contributed by atoms with Crippen LogP contribution >= 0.6 is 0 Å². The zero-order valence-corrected chi connectivity index (χ0v) is 16.4. The van der Waals surface area contributed by atoms with Crippen LogP contribution in [0.5, 0.6) is 0 Å². The number of aromatic nitrogens is 5. The molecule has 1 unspecified atom stereocenters. The molecule has 0 saturated heterocycles. The fourth-order valence-electron chi connectivity index (χ4n) is 4.31. The van der Waals surface area contributed by atoms with Gasteiger partial charge in [-0.1, -0.05) is 12.1 Å². The summed E-state index contributed by atoms with van der Waals surface area (Å²) in [5.41, 5.74) is 1.79. The summed E-state index contributed by atoms with van der Waals surface area (Å²) in [5, 5.41) is 21.6. The Balaban J connectivity index is 1.20. The number of para-hydroxylation sites is 2. The third-order valence-electron chi connectivity index (χ3n) is 6.02. The summed E-state index contributed by atoms with van der Waals surface area (Å²) in [6.45, 7) is 1.24. The van der Waals surface area contributed by atoms with E-state index in [-0.39, 0.29) is 18.6 Å². The van der Waals surface area contributed by atoms with Crippen LogP contribution in [0, 0.1) is 0 Å². The lowest BCUT2D eigenvalue weighted by atomic mass is 10.1. The van der Waals surface area contributed by atoms with Crippen molar-refractivity contribution in [2.75, 3.05) is 0 Å². The van der Waals surface area contributed by atoms with E-state index in [1.807, 2.05) is 28.8 Å². The van der Waals surface area contributed by atoms with Gasteiger partial charge in [0.05, 0.1) is 11.0 Å². The number of nitrogens with zero attached hydrogens (tertiary/aromatic N) is 5. The van der Waals surface area contributed by atoms with E-state index < -0.39 is 0 Å². The second-order valence-corrected chi connectivity index (χ2v) is 8.07. The van der Waals surface area contributed by atoms with Crippen molar-refractivity contribution >= 4 is 16.9 Å². The Morgan fingerprint density at radius 2 is 2.03 bits per heavy atom. The number of aryl methyl sites for hydroxylation is 2. The minimum Gasteiger partial charge on any atom is -0.388 e. The maximum Gasteiger partial charge on any atom is 0.222 e. The summed E-state index contributed by atoms with van der Waals surface area (Å²) in [6.07, 6.45) is 5.46. The lowest BCUT2D eigenvalue weighted by Crippen LogP contribution is -2.35. The number of rotatable bonds is 6. The largest absolute Gasteiger partial charge is 0.388 e. The fourth-order valence-corrected chi connectivity index (χ4v) is 4.31. The zero-order valence-electron chi connectivity index (χ0n) is 16.4. The molecule has 0 radical (unpaired) electrons. The van der Waals surface area contributed by atoms with Gasteiger partial charge in [0.15, 0.2) is 0 Å². The van der Waals surface area contributed by atoms with Gasteiger partial charge >= 0.3 is 0 Å². The maximum atomic E-state index is 12.6. The van der Waals surface area contributed by atoms with E-state index in [9.17, 15) is 9.90 Å². The molecule has 2 aromatic heterocycles. The van der Waals surface area contributed by atoms with Crippen molar-refractivity contribution in [3.8, 4) is 0 Å². The van der Waals surface area contributed by atoms with Gasteiger partial charge in [-0.2, -0.15) is 0 Å². The molecule has 1 fully saturated rings. The molecule has 3 aromatic rings. The van der Waals surface area contributed by atoms with Gasteiger partial charge in [0.1, 0.15) is 24.1 Å². The third-order valence-corrected chi connectivity index (χ3v) is 6.02. The molecular formula is C21H26N6O2. The molecule has 2 aliphatic rings. The number of amides is 1. The van der Waals surface area contributed by atoms with E-state index in [0.29, 0.717) is 24.7 Å². The fraction of sp³-hybridized carbons (Fsp3) is 0.524. The second-order valence-electron chi connectivity index (χ2n) is 8.07. The quantitative estimate of drug-likeness (QED) is 0.666. The Kier molecular flexibility index (Phi) is 4.79. The average Bonchev–Trinajstić information content (AvgIpc) is 3.45. The van der Waals surface area contributed by atoms with Crippen LogP contribution in [0.4, 0.5) is 0 Å². The summed E-state index contributed by atoms with van der Waals surface area (Å²) < 4.78 is 4.21. The van der Waals surface area contributed by atoms with Crippen LogP contribution in [0.1, 0.15) is 55.5 Å². The van der Waals surface area contributed by atoms with Gasteiger partial charge in [0.25, 0.3) is 0 Å². The van der Waals surface area contributed by atoms with Crippen molar-refractivity contribution in [1.29, 1.82) is 0 Å². The van der Waals surface area contributed by atoms with Crippen molar-refractivity contribution in [2.24, 2.45) is 0 Å². The molecular weight excluding hydrogens is 368 g/mol. The van der Waals surface area contributed by atoms with Crippen molar-refractivity contribution < 1.29 is 9.90 Å². The first-order valence-corrected chi connectivity index (χ1v) is 10.5. The molecule has 1 amide bonds. The SMILES string of the molecule is O=C(CCn1c(CO)nc2ccccc21)NC1CCc2nnc(C3CC3)n2CC1. The molecule has 5 rings (SSSR count). The number of carbonyl (C=O) groups excluding carboxylic acids is 1. The highest BCUT2D eigenvalue weighted by molar-refractivity contribution is 5.78. The number of fused-ring (bicyclic) bond motifs is 2. The monoisotopic (exact) mass is 394 g/mol. The highest BCUT2D eigenvalue weighted by atomic mass is 16.3. The molecule has 152 valence electrons. The molecule has 1 atom stereocenters. The minimum absolute atomic E-state index is 0.0387. The molecule has 1 aliphatic heterocycles. The molecule has 0 spiro atoms. The predicted molar refractivity (Wildman–Crippen MR) is 107 cm³/mol. The Hall–Kier alpha value is -2.74. The van der Waals surface area contributed by atoms with E-state index in [0.717, 1.165) is 48.5 Å². The molecule has 8 nitrogen and oxygen atoms in total. The van der Waals surface area contributed by atoms with Crippen LogP contribution < -0.4 is 5.32 Å². The van der Waals surface area contributed by atoms with Gasteiger partial charge in [-0.05, 0) is 37.8 Å². The predicted octanol–water partition coefficient (Wildman–Crippen LogP) is 1.91. The van der Waals surface area contributed by atoms with Crippen LogP contribution in [-0.2, 0) is 30.9 Å². The summed E-state index contributed by atoms with van der Waals surface area (Å²) in [7, 11) is 0. The Labute approximate surface area is 169 Å². The molecule has 3 heterocycles. The van der Waals surface area contributed by atoms with Gasteiger partial charge in [-0.25, -0.2) is 4.98 Å². The van der Waals surface area contributed by atoms with E-state index in [1.165, 1.54) is 12.8 Å². The molecule has 2 N–H and O–H groups in total. The second kappa shape index (κ2) is 7.59. The molecule has 1 aliphatic carbocycles. The first-order chi connectivity index (χ1) is 14.2. The first kappa shape index (κ1) is 18.3.